The van der Waals surface area contributed by atoms with Crippen molar-refractivity contribution in [2.24, 2.45) is 0 Å². The third kappa shape index (κ3) is 2.93. The average molecular weight is 260 g/mol. The largest absolute Gasteiger partial charge is 0.394 e. The van der Waals surface area contributed by atoms with Crippen molar-refractivity contribution in [3.8, 4) is 0 Å². The van der Waals surface area contributed by atoms with Gasteiger partial charge >= 0.3 is 5.69 Å². The highest BCUT2D eigenvalue weighted by molar-refractivity contribution is 7.16. The van der Waals surface area contributed by atoms with Crippen molar-refractivity contribution in [2.45, 2.75) is 26.0 Å². The molecule has 2 N–H and O–H groups in total. The molecular weight excluding hydrogens is 244 g/mol. The highest BCUT2D eigenvalue weighted by atomic mass is 32.1. The fourth-order valence-corrected chi connectivity index (χ4v) is 2.43. The molecule has 0 amide bonds. The van der Waals surface area contributed by atoms with E-state index in [1.54, 1.807) is 25.8 Å². The molecule has 1 heterocycles. The zero-order chi connectivity index (χ0) is 13.2. The molecule has 1 aromatic rings. The van der Waals surface area contributed by atoms with E-state index in [0.29, 0.717) is 9.88 Å². The Kier molecular flexibility index (Phi) is 4.44. The van der Waals surface area contributed by atoms with Crippen molar-refractivity contribution in [1.82, 2.24) is 0 Å². The van der Waals surface area contributed by atoms with Crippen LogP contribution in [0.1, 0.15) is 24.8 Å². The van der Waals surface area contributed by atoms with Crippen LogP contribution in [-0.2, 0) is 0 Å². The molecule has 17 heavy (non-hydrogen) atoms. The van der Waals surface area contributed by atoms with Crippen LogP contribution < -0.4 is 4.90 Å². The molecule has 0 spiro atoms. The van der Waals surface area contributed by atoms with Gasteiger partial charge in [0.05, 0.1) is 17.6 Å². The highest BCUT2D eigenvalue weighted by Crippen LogP contribution is 2.40. The summed E-state index contributed by atoms with van der Waals surface area (Å²) in [6, 6.07) is 1.17. The number of hydrogen-bond donors (Lipinski definition) is 2. The molecule has 1 aromatic heterocycles. The second-order valence-electron chi connectivity index (χ2n) is 3.91. The molecule has 0 radical (unpaired) electrons. The Morgan fingerprint density at radius 2 is 2.18 bits per heavy atom. The van der Waals surface area contributed by atoms with Crippen molar-refractivity contribution in [1.29, 1.82) is 0 Å². The van der Waals surface area contributed by atoms with E-state index in [9.17, 15) is 15.2 Å². The highest BCUT2D eigenvalue weighted by Gasteiger charge is 2.25. The van der Waals surface area contributed by atoms with Gasteiger partial charge in [0.15, 0.2) is 5.00 Å². The predicted molar refractivity (Wildman–Crippen MR) is 66.6 cm³/mol. The van der Waals surface area contributed by atoms with Gasteiger partial charge in [0, 0.05) is 24.0 Å². The predicted octanol–water partition coefficient (Wildman–Crippen LogP) is 1.53. The second kappa shape index (κ2) is 5.44. The lowest BCUT2D eigenvalue weighted by Crippen LogP contribution is -2.31. The summed E-state index contributed by atoms with van der Waals surface area (Å²) in [5.74, 6) is 0. The lowest BCUT2D eigenvalue weighted by molar-refractivity contribution is -0.383. The maximum absolute atomic E-state index is 10.9. The van der Waals surface area contributed by atoms with Gasteiger partial charge in [-0.05, 0) is 13.8 Å². The first kappa shape index (κ1) is 13.9. The number of anilines is 1. The molecule has 0 aliphatic heterocycles. The molecule has 0 aliphatic carbocycles. The normalized spacial score (nSPS) is 14.4. The summed E-state index contributed by atoms with van der Waals surface area (Å²) in [7, 11) is 1.69. The Bertz CT molecular complexity index is 405. The molecule has 7 heteroatoms. The Hall–Kier alpha value is -1.18. The van der Waals surface area contributed by atoms with E-state index in [1.807, 2.05) is 0 Å². The van der Waals surface area contributed by atoms with E-state index < -0.39 is 11.0 Å². The number of aliphatic hydroxyl groups excluding tert-OH is 2. The van der Waals surface area contributed by atoms with E-state index in [-0.39, 0.29) is 18.3 Å². The quantitative estimate of drug-likeness (QED) is 0.619. The summed E-state index contributed by atoms with van der Waals surface area (Å²) in [5.41, 5.74) is -0.0336. The second-order valence-corrected chi connectivity index (χ2v) is 4.98. The third-order valence-corrected chi connectivity index (χ3v) is 3.95. The fourth-order valence-electron chi connectivity index (χ4n) is 1.30. The van der Waals surface area contributed by atoms with Crippen LogP contribution in [0, 0.1) is 10.1 Å². The summed E-state index contributed by atoms with van der Waals surface area (Å²) in [4.78, 5) is 12.6. The molecule has 2 unspecified atom stereocenters. The Labute approximate surface area is 103 Å². The molecule has 0 bridgehead atoms. The van der Waals surface area contributed by atoms with Gasteiger partial charge in [-0.3, -0.25) is 10.1 Å². The van der Waals surface area contributed by atoms with Crippen molar-refractivity contribution in [2.75, 3.05) is 18.6 Å². The van der Waals surface area contributed by atoms with E-state index in [4.69, 9.17) is 5.11 Å². The van der Waals surface area contributed by atoms with Gasteiger partial charge in [-0.1, -0.05) is 0 Å². The minimum absolute atomic E-state index is 0.0336. The van der Waals surface area contributed by atoms with Gasteiger partial charge in [0.25, 0.3) is 0 Å². The number of nitro groups is 1. The van der Waals surface area contributed by atoms with E-state index >= 15 is 0 Å². The average Bonchev–Trinajstić information content (AvgIpc) is 2.71. The lowest BCUT2D eigenvalue weighted by atomic mass is 10.3. The van der Waals surface area contributed by atoms with Crippen LogP contribution in [0.25, 0.3) is 0 Å². The molecule has 96 valence electrons. The first-order valence-electron chi connectivity index (χ1n) is 5.18. The van der Waals surface area contributed by atoms with Gasteiger partial charge < -0.3 is 15.1 Å². The smallest absolute Gasteiger partial charge is 0.304 e. The summed E-state index contributed by atoms with van der Waals surface area (Å²) in [6.45, 7) is 3.25. The summed E-state index contributed by atoms with van der Waals surface area (Å²) in [6.07, 6.45) is -0.731. The Balaban J connectivity index is 3.16. The summed E-state index contributed by atoms with van der Waals surface area (Å²) in [5, 5.41) is 29.9. The SMILES string of the molecule is CC(O)c1cc([N+](=O)[O-])c(N(C)C(C)CO)s1. The molecule has 0 aromatic carbocycles. The molecule has 1 rings (SSSR count). The first-order valence-corrected chi connectivity index (χ1v) is 6.00. The monoisotopic (exact) mass is 260 g/mol. The van der Waals surface area contributed by atoms with Crippen LogP contribution in [0.2, 0.25) is 0 Å². The molecule has 0 aliphatic rings. The Morgan fingerprint density at radius 1 is 1.59 bits per heavy atom. The molecule has 6 nitrogen and oxygen atoms in total. The minimum atomic E-state index is -0.731. The standard InChI is InChI=1S/C10H16N2O4S/c1-6(5-13)11(3)10-8(12(15)16)4-9(17-10)7(2)14/h4,6-7,13-14H,5H2,1-3H3. The summed E-state index contributed by atoms with van der Waals surface area (Å²) < 4.78 is 0. The van der Waals surface area contributed by atoms with Gasteiger partial charge in [-0.2, -0.15) is 0 Å². The molecule has 0 saturated heterocycles. The van der Waals surface area contributed by atoms with Crippen molar-refractivity contribution >= 4 is 22.0 Å². The van der Waals surface area contributed by atoms with Crippen molar-refractivity contribution in [3.05, 3.63) is 21.1 Å². The first-order chi connectivity index (χ1) is 7.88. The topological polar surface area (TPSA) is 86.8 Å². The molecule has 0 saturated carbocycles. The van der Waals surface area contributed by atoms with Crippen molar-refractivity contribution < 1.29 is 15.1 Å². The van der Waals surface area contributed by atoms with Crippen LogP contribution in [0.4, 0.5) is 10.7 Å². The van der Waals surface area contributed by atoms with Gasteiger partial charge in [0.2, 0.25) is 0 Å². The number of aliphatic hydroxyl groups is 2. The fraction of sp³-hybridized carbons (Fsp3) is 0.600. The van der Waals surface area contributed by atoms with Crippen molar-refractivity contribution in [3.63, 3.8) is 0 Å². The van der Waals surface area contributed by atoms with Gasteiger partial charge in [-0.15, -0.1) is 11.3 Å². The minimum Gasteiger partial charge on any atom is -0.394 e. The van der Waals surface area contributed by atoms with Crippen LogP contribution in [0.15, 0.2) is 6.07 Å². The van der Waals surface area contributed by atoms with E-state index in [1.165, 1.54) is 17.4 Å². The lowest BCUT2D eigenvalue weighted by Gasteiger charge is -2.22. The number of thiophene rings is 1. The van der Waals surface area contributed by atoms with Crippen LogP contribution in [0.3, 0.4) is 0 Å². The molecular formula is C10H16N2O4S. The Morgan fingerprint density at radius 3 is 2.59 bits per heavy atom. The summed E-state index contributed by atoms with van der Waals surface area (Å²) >= 11 is 1.17. The number of rotatable bonds is 5. The van der Waals surface area contributed by atoms with Gasteiger partial charge in [-0.25, -0.2) is 0 Å². The van der Waals surface area contributed by atoms with E-state index in [2.05, 4.69) is 0 Å². The molecule has 0 fully saturated rings. The van der Waals surface area contributed by atoms with Gasteiger partial charge in [0.1, 0.15) is 0 Å². The number of nitrogens with zero attached hydrogens (tertiary/aromatic N) is 2. The number of likely N-dealkylation sites (N-methyl/N-ethyl adjacent to an activating group) is 1. The third-order valence-electron chi connectivity index (χ3n) is 2.57. The van der Waals surface area contributed by atoms with Crippen LogP contribution in [0.5, 0.6) is 0 Å². The zero-order valence-corrected chi connectivity index (χ0v) is 10.8. The maximum Gasteiger partial charge on any atom is 0.304 e. The van der Waals surface area contributed by atoms with Crippen LogP contribution >= 0.6 is 11.3 Å². The maximum atomic E-state index is 10.9. The zero-order valence-electron chi connectivity index (χ0n) is 9.95. The van der Waals surface area contributed by atoms with E-state index in [0.717, 1.165) is 0 Å². The molecule has 2 atom stereocenters. The number of hydrogen-bond acceptors (Lipinski definition) is 6. The van der Waals surface area contributed by atoms with Crippen LogP contribution in [-0.4, -0.2) is 34.8 Å².